The van der Waals surface area contributed by atoms with Crippen LogP contribution in [0.25, 0.3) is 5.57 Å². The van der Waals surface area contributed by atoms with Crippen molar-refractivity contribution in [3.05, 3.63) is 53.4 Å². The number of amides is 2. The van der Waals surface area contributed by atoms with Crippen molar-refractivity contribution >= 4 is 27.4 Å². The molecular formula is C20H21N3O4S. The third-order valence-electron chi connectivity index (χ3n) is 5.72. The van der Waals surface area contributed by atoms with Gasteiger partial charge in [-0.15, -0.1) is 0 Å². The molecule has 1 aromatic heterocycles. The Balaban J connectivity index is 1.67. The van der Waals surface area contributed by atoms with Crippen LogP contribution in [0.3, 0.4) is 0 Å². The summed E-state index contributed by atoms with van der Waals surface area (Å²) in [5.41, 5.74) is 3.52. The molecule has 2 atom stereocenters. The minimum Gasteiger partial charge on any atom is -0.285 e. The molecule has 7 nitrogen and oxygen atoms in total. The molecule has 28 heavy (non-hydrogen) atoms. The van der Waals surface area contributed by atoms with Crippen LogP contribution in [0, 0.1) is 18.8 Å². The molecule has 1 aliphatic heterocycles. The van der Waals surface area contributed by atoms with Gasteiger partial charge >= 0.3 is 0 Å². The molecule has 8 heteroatoms. The van der Waals surface area contributed by atoms with Crippen molar-refractivity contribution in [2.75, 3.05) is 7.05 Å². The van der Waals surface area contributed by atoms with Crippen molar-refractivity contribution < 1.29 is 18.0 Å². The molecule has 0 bridgehead atoms. The lowest BCUT2D eigenvalue weighted by Gasteiger charge is -2.25. The Labute approximate surface area is 163 Å². The number of benzene rings is 1. The van der Waals surface area contributed by atoms with Gasteiger partial charge in [-0.05, 0) is 44.4 Å². The molecule has 0 saturated carbocycles. The number of carbonyl (C=O) groups is 2. The van der Waals surface area contributed by atoms with Crippen LogP contribution in [0.1, 0.15) is 30.9 Å². The summed E-state index contributed by atoms with van der Waals surface area (Å²) >= 11 is 0. The SMILES string of the molecule is CC1=C(c2cnn(S(=O)(=O)c3ccc(C)cc3)c2)C[C@H]2C(=O)N(C)C(=O)[C@H]2C1. The summed E-state index contributed by atoms with van der Waals surface area (Å²) in [4.78, 5) is 26.0. The van der Waals surface area contributed by atoms with E-state index in [2.05, 4.69) is 5.10 Å². The van der Waals surface area contributed by atoms with Gasteiger partial charge in [-0.2, -0.15) is 17.6 Å². The van der Waals surface area contributed by atoms with Gasteiger partial charge in [0.25, 0.3) is 10.0 Å². The maximum atomic E-state index is 12.8. The van der Waals surface area contributed by atoms with Crippen molar-refractivity contribution in [2.45, 2.75) is 31.6 Å². The quantitative estimate of drug-likeness (QED) is 0.739. The zero-order valence-corrected chi connectivity index (χ0v) is 16.7. The van der Waals surface area contributed by atoms with Crippen LogP contribution in [-0.2, 0) is 19.6 Å². The van der Waals surface area contributed by atoms with Crippen LogP contribution < -0.4 is 0 Å². The standard InChI is InChI=1S/C20H21N3O4S/c1-12-4-6-15(7-5-12)28(26,27)23-11-14(10-21-23)16-9-18-17(8-13(16)2)19(24)22(3)20(18)25/h4-7,10-11,17-18H,8-9H2,1-3H3/t17-,18+/m0/s1. The van der Waals surface area contributed by atoms with Gasteiger partial charge < -0.3 is 0 Å². The maximum Gasteiger partial charge on any atom is 0.282 e. The van der Waals surface area contributed by atoms with E-state index in [-0.39, 0.29) is 28.5 Å². The number of aryl methyl sites for hydroxylation is 1. The molecule has 0 N–H and O–H groups in total. The topological polar surface area (TPSA) is 89.3 Å². The highest BCUT2D eigenvalue weighted by molar-refractivity contribution is 7.89. The number of hydrogen-bond donors (Lipinski definition) is 0. The van der Waals surface area contributed by atoms with Crippen molar-refractivity contribution in [1.29, 1.82) is 0 Å². The molecular weight excluding hydrogens is 378 g/mol. The molecule has 2 aliphatic rings. The molecule has 1 saturated heterocycles. The van der Waals surface area contributed by atoms with Gasteiger partial charge in [0, 0.05) is 12.6 Å². The summed E-state index contributed by atoms with van der Waals surface area (Å²) in [5.74, 6) is -0.994. The minimum atomic E-state index is -3.78. The van der Waals surface area contributed by atoms with E-state index in [0.29, 0.717) is 18.4 Å². The van der Waals surface area contributed by atoms with E-state index in [1.807, 2.05) is 13.8 Å². The number of likely N-dealkylation sites (tertiary alicyclic amines) is 1. The fraction of sp³-hybridized carbons (Fsp3) is 0.350. The Kier molecular flexibility index (Phi) is 4.26. The third-order valence-corrected chi connectivity index (χ3v) is 7.28. The number of aromatic nitrogens is 2. The molecule has 2 aromatic rings. The van der Waals surface area contributed by atoms with Crippen molar-refractivity contribution in [1.82, 2.24) is 14.1 Å². The van der Waals surface area contributed by atoms with Gasteiger partial charge in [-0.25, -0.2) is 0 Å². The first kappa shape index (κ1) is 18.6. The number of allylic oxidation sites excluding steroid dienone is 2. The average Bonchev–Trinajstić information content (AvgIpc) is 3.23. The monoisotopic (exact) mass is 399 g/mol. The number of imide groups is 1. The fourth-order valence-electron chi connectivity index (χ4n) is 4.03. The lowest BCUT2D eigenvalue weighted by molar-refractivity contribution is -0.138. The maximum absolute atomic E-state index is 12.8. The highest BCUT2D eigenvalue weighted by Crippen LogP contribution is 2.43. The predicted molar refractivity (Wildman–Crippen MR) is 103 cm³/mol. The molecule has 1 aliphatic carbocycles. The zero-order chi connectivity index (χ0) is 20.2. The Morgan fingerprint density at radius 1 is 1.00 bits per heavy atom. The number of hydrogen-bond acceptors (Lipinski definition) is 5. The highest BCUT2D eigenvalue weighted by atomic mass is 32.2. The van der Waals surface area contributed by atoms with E-state index in [9.17, 15) is 18.0 Å². The predicted octanol–water partition coefficient (Wildman–Crippen LogP) is 2.23. The smallest absolute Gasteiger partial charge is 0.282 e. The summed E-state index contributed by atoms with van der Waals surface area (Å²) < 4.78 is 26.6. The molecule has 4 rings (SSSR count). The van der Waals surface area contributed by atoms with Crippen molar-refractivity contribution in [2.24, 2.45) is 11.8 Å². The Hall–Kier alpha value is -2.74. The van der Waals surface area contributed by atoms with E-state index < -0.39 is 10.0 Å². The van der Waals surface area contributed by atoms with Gasteiger partial charge in [0.2, 0.25) is 11.8 Å². The van der Waals surface area contributed by atoms with Crippen LogP contribution in [0.2, 0.25) is 0 Å². The number of rotatable bonds is 3. The highest BCUT2D eigenvalue weighted by Gasteiger charge is 2.48. The Morgan fingerprint density at radius 3 is 2.25 bits per heavy atom. The summed E-state index contributed by atoms with van der Waals surface area (Å²) in [6.07, 6.45) is 3.92. The number of nitrogens with zero attached hydrogens (tertiary/aromatic N) is 3. The normalized spacial score (nSPS) is 22.8. The average molecular weight is 399 g/mol. The molecule has 0 spiro atoms. The second-order valence-electron chi connectivity index (χ2n) is 7.54. The molecule has 1 aromatic carbocycles. The molecule has 146 valence electrons. The van der Waals surface area contributed by atoms with Gasteiger partial charge in [0.05, 0.1) is 29.1 Å². The Morgan fingerprint density at radius 2 is 1.61 bits per heavy atom. The van der Waals surface area contributed by atoms with E-state index in [1.165, 1.54) is 24.3 Å². The van der Waals surface area contributed by atoms with Gasteiger partial charge in [0.1, 0.15) is 0 Å². The van der Waals surface area contributed by atoms with Crippen LogP contribution in [0.4, 0.5) is 0 Å². The molecule has 2 heterocycles. The van der Waals surface area contributed by atoms with Crippen LogP contribution >= 0.6 is 0 Å². The number of fused-ring (bicyclic) bond motifs is 1. The first-order chi connectivity index (χ1) is 13.2. The van der Waals surface area contributed by atoms with Crippen molar-refractivity contribution in [3.63, 3.8) is 0 Å². The molecule has 0 radical (unpaired) electrons. The van der Waals surface area contributed by atoms with E-state index in [1.54, 1.807) is 24.3 Å². The summed E-state index contributed by atoms with van der Waals surface area (Å²) in [6, 6.07) is 6.59. The lowest BCUT2D eigenvalue weighted by atomic mass is 9.76. The second-order valence-corrected chi connectivity index (χ2v) is 9.33. The molecule has 1 fully saturated rings. The summed E-state index contributed by atoms with van der Waals surface area (Å²) in [5, 5.41) is 4.06. The third kappa shape index (κ3) is 2.79. The first-order valence-electron chi connectivity index (χ1n) is 9.07. The largest absolute Gasteiger partial charge is 0.285 e. The van der Waals surface area contributed by atoms with Crippen LogP contribution in [0.5, 0.6) is 0 Å². The number of carbonyl (C=O) groups excluding carboxylic acids is 2. The van der Waals surface area contributed by atoms with E-state index in [0.717, 1.165) is 20.8 Å². The van der Waals surface area contributed by atoms with E-state index >= 15 is 0 Å². The van der Waals surface area contributed by atoms with Gasteiger partial charge in [-0.3, -0.25) is 14.5 Å². The zero-order valence-electron chi connectivity index (χ0n) is 15.9. The van der Waals surface area contributed by atoms with Crippen molar-refractivity contribution in [3.8, 4) is 0 Å². The summed E-state index contributed by atoms with van der Waals surface area (Å²) in [7, 11) is -2.27. The molecule has 2 amide bonds. The van der Waals surface area contributed by atoms with E-state index in [4.69, 9.17) is 0 Å². The lowest BCUT2D eigenvalue weighted by Crippen LogP contribution is -2.26. The second kappa shape index (κ2) is 6.41. The Bertz CT molecular complexity index is 1110. The molecule has 0 unspecified atom stereocenters. The van der Waals surface area contributed by atoms with Crippen LogP contribution in [-0.4, -0.2) is 41.4 Å². The fourth-order valence-corrected chi connectivity index (χ4v) is 5.15. The summed E-state index contributed by atoms with van der Waals surface area (Å²) in [6.45, 7) is 3.81. The van der Waals surface area contributed by atoms with Gasteiger partial charge in [-0.1, -0.05) is 23.3 Å². The minimum absolute atomic E-state index is 0.133. The van der Waals surface area contributed by atoms with Gasteiger partial charge in [0.15, 0.2) is 0 Å². The van der Waals surface area contributed by atoms with Crippen LogP contribution in [0.15, 0.2) is 47.1 Å². The first-order valence-corrected chi connectivity index (χ1v) is 10.5.